The number of amides is 1. The molecular formula is C16H22N2O3. The monoisotopic (exact) mass is 290 g/mol. The Kier molecular flexibility index (Phi) is 5.20. The highest BCUT2D eigenvalue weighted by molar-refractivity contribution is 5.78. The molecule has 1 aromatic carbocycles. The molecular weight excluding hydrogens is 268 g/mol. The predicted octanol–water partition coefficient (Wildman–Crippen LogP) is 1.82. The zero-order valence-electron chi connectivity index (χ0n) is 12.0. The van der Waals surface area contributed by atoms with Gasteiger partial charge in [-0.1, -0.05) is 25.0 Å². The molecule has 1 amide bonds. The van der Waals surface area contributed by atoms with E-state index in [4.69, 9.17) is 5.73 Å². The molecule has 0 radical (unpaired) electrons. The third kappa shape index (κ3) is 4.48. The van der Waals surface area contributed by atoms with Crippen LogP contribution in [0.1, 0.15) is 31.2 Å². The van der Waals surface area contributed by atoms with E-state index < -0.39 is 5.97 Å². The number of carboxylic acids is 1. The summed E-state index contributed by atoms with van der Waals surface area (Å²) in [6, 6.07) is 7.19. The Morgan fingerprint density at radius 3 is 2.52 bits per heavy atom. The average Bonchev–Trinajstić information content (AvgIpc) is 2.48. The Bertz CT molecular complexity index is 499. The van der Waals surface area contributed by atoms with Gasteiger partial charge in [-0.3, -0.25) is 9.59 Å². The SMILES string of the molecule is Nc1ccc(CC(=O)NCC2CCCCC2C(=O)O)cc1. The van der Waals surface area contributed by atoms with Crippen LogP contribution in [0.2, 0.25) is 0 Å². The number of carboxylic acid groups (broad SMARTS) is 1. The van der Waals surface area contributed by atoms with Crippen molar-refractivity contribution in [3.05, 3.63) is 29.8 Å². The number of hydrogen-bond acceptors (Lipinski definition) is 3. The average molecular weight is 290 g/mol. The van der Waals surface area contributed by atoms with Crippen LogP contribution in [0.3, 0.4) is 0 Å². The van der Waals surface area contributed by atoms with Crippen molar-refractivity contribution in [3.63, 3.8) is 0 Å². The summed E-state index contributed by atoms with van der Waals surface area (Å²) in [4.78, 5) is 23.1. The number of hydrogen-bond donors (Lipinski definition) is 3. The van der Waals surface area contributed by atoms with Gasteiger partial charge in [0.05, 0.1) is 12.3 Å². The van der Waals surface area contributed by atoms with Gasteiger partial charge in [0.2, 0.25) is 5.91 Å². The number of nitrogen functional groups attached to an aromatic ring is 1. The number of aliphatic carboxylic acids is 1. The first-order valence-electron chi connectivity index (χ1n) is 7.40. The molecule has 5 nitrogen and oxygen atoms in total. The van der Waals surface area contributed by atoms with E-state index in [1.807, 2.05) is 12.1 Å². The van der Waals surface area contributed by atoms with Crippen molar-refractivity contribution in [2.45, 2.75) is 32.1 Å². The summed E-state index contributed by atoms with van der Waals surface area (Å²) in [5.41, 5.74) is 7.18. The maximum absolute atomic E-state index is 11.9. The number of anilines is 1. The topological polar surface area (TPSA) is 92.4 Å². The molecule has 0 bridgehead atoms. The van der Waals surface area contributed by atoms with Crippen molar-refractivity contribution >= 4 is 17.6 Å². The second kappa shape index (κ2) is 7.11. The van der Waals surface area contributed by atoms with Crippen LogP contribution in [0.4, 0.5) is 5.69 Å². The van der Waals surface area contributed by atoms with E-state index in [2.05, 4.69) is 5.32 Å². The summed E-state index contributed by atoms with van der Waals surface area (Å²) in [5.74, 6) is -1.09. The molecule has 2 unspecified atom stereocenters. The molecule has 0 heterocycles. The summed E-state index contributed by atoms with van der Waals surface area (Å²) in [6.07, 6.45) is 3.90. The van der Waals surface area contributed by atoms with Crippen LogP contribution in [0.25, 0.3) is 0 Å². The second-order valence-corrected chi connectivity index (χ2v) is 5.71. The molecule has 5 heteroatoms. The Hall–Kier alpha value is -2.04. The third-order valence-electron chi connectivity index (χ3n) is 4.13. The van der Waals surface area contributed by atoms with Crippen LogP contribution in [0.15, 0.2) is 24.3 Å². The number of nitrogens with two attached hydrogens (primary N) is 1. The quantitative estimate of drug-likeness (QED) is 0.721. The zero-order valence-corrected chi connectivity index (χ0v) is 12.0. The molecule has 2 atom stereocenters. The van der Waals surface area contributed by atoms with Crippen LogP contribution in [0.5, 0.6) is 0 Å². The first-order valence-corrected chi connectivity index (χ1v) is 7.40. The van der Waals surface area contributed by atoms with E-state index in [-0.39, 0.29) is 17.7 Å². The lowest BCUT2D eigenvalue weighted by Gasteiger charge is -2.28. The Morgan fingerprint density at radius 2 is 1.86 bits per heavy atom. The normalized spacial score (nSPS) is 21.7. The number of rotatable bonds is 5. The third-order valence-corrected chi connectivity index (χ3v) is 4.13. The molecule has 0 saturated heterocycles. The van der Waals surface area contributed by atoms with Gasteiger partial charge >= 0.3 is 5.97 Å². The fourth-order valence-electron chi connectivity index (χ4n) is 2.91. The van der Waals surface area contributed by atoms with Crippen molar-refractivity contribution in [1.82, 2.24) is 5.32 Å². The smallest absolute Gasteiger partial charge is 0.306 e. The van der Waals surface area contributed by atoms with Gasteiger partial charge in [-0.25, -0.2) is 0 Å². The molecule has 1 aromatic rings. The summed E-state index contributed by atoms with van der Waals surface area (Å²) in [6.45, 7) is 0.449. The highest BCUT2D eigenvalue weighted by Gasteiger charge is 2.30. The molecule has 0 aromatic heterocycles. The lowest BCUT2D eigenvalue weighted by atomic mass is 9.79. The van der Waals surface area contributed by atoms with Crippen LogP contribution >= 0.6 is 0 Å². The standard InChI is InChI=1S/C16H22N2O3/c17-13-7-5-11(6-8-13)9-15(19)18-10-12-3-1-2-4-14(12)16(20)21/h5-8,12,14H,1-4,9-10,17H2,(H,18,19)(H,20,21). The van der Waals surface area contributed by atoms with Gasteiger partial charge < -0.3 is 16.2 Å². The van der Waals surface area contributed by atoms with Crippen molar-refractivity contribution in [2.24, 2.45) is 11.8 Å². The van der Waals surface area contributed by atoms with Gasteiger partial charge in [-0.2, -0.15) is 0 Å². The highest BCUT2D eigenvalue weighted by atomic mass is 16.4. The van der Waals surface area contributed by atoms with Crippen molar-refractivity contribution in [1.29, 1.82) is 0 Å². The van der Waals surface area contributed by atoms with E-state index in [0.717, 1.165) is 24.8 Å². The zero-order chi connectivity index (χ0) is 15.2. The number of carbonyl (C=O) groups is 2. The van der Waals surface area contributed by atoms with Gasteiger partial charge in [0, 0.05) is 12.2 Å². The molecule has 114 valence electrons. The summed E-state index contributed by atoms with van der Waals surface area (Å²) < 4.78 is 0. The number of nitrogens with one attached hydrogen (secondary N) is 1. The lowest BCUT2D eigenvalue weighted by molar-refractivity contribution is -0.145. The van der Waals surface area contributed by atoms with Crippen LogP contribution in [-0.2, 0) is 16.0 Å². The first kappa shape index (κ1) is 15.4. The summed E-state index contributed by atoms with van der Waals surface area (Å²) in [5, 5.41) is 12.1. The fraction of sp³-hybridized carbons (Fsp3) is 0.500. The van der Waals surface area contributed by atoms with Crippen molar-refractivity contribution < 1.29 is 14.7 Å². The van der Waals surface area contributed by atoms with Gasteiger partial charge in [0.25, 0.3) is 0 Å². The molecule has 0 aliphatic heterocycles. The highest BCUT2D eigenvalue weighted by Crippen LogP contribution is 2.29. The van der Waals surface area contributed by atoms with Gasteiger partial charge in [-0.05, 0) is 36.5 Å². The largest absolute Gasteiger partial charge is 0.481 e. The second-order valence-electron chi connectivity index (χ2n) is 5.71. The van der Waals surface area contributed by atoms with Crippen molar-refractivity contribution in [2.75, 3.05) is 12.3 Å². The molecule has 1 fully saturated rings. The van der Waals surface area contributed by atoms with Gasteiger partial charge in [0.1, 0.15) is 0 Å². The maximum Gasteiger partial charge on any atom is 0.306 e. The molecule has 21 heavy (non-hydrogen) atoms. The van der Waals surface area contributed by atoms with Crippen molar-refractivity contribution in [3.8, 4) is 0 Å². The van der Waals surface area contributed by atoms with Crippen LogP contribution in [-0.4, -0.2) is 23.5 Å². The van der Waals surface area contributed by atoms with E-state index in [0.29, 0.717) is 25.1 Å². The minimum absolute atomic E-state index is 0.0478. The summed E-state index contributed by atoms with van der Waals surface area (Å²) in [7, 11) is 0. The van der Waals surface area contributed by atoms with Crippen LogP contribution < -0.4 is 11.1 Å². The Morgan fingerprint density at radius 1 is 1.19 bits per heavy atom. The fourth-order valence-corrected chi connectivity index (χ4v) is 2.91. The Balaban J connectivity index is 1.82. The number of benzene rings is 1. The minimum atomic E-state index is -0.743. The molecule has 1 aliphatic rings. The predicted molar refractivity (Wildman–Crippen MR) is 80.7 cm³/mol. The minimum Gasteiger partial charge on any atom is -0.481 e. The van der Waals surface area contributed by atoms with E-state index in [9.17, 15) is 14.7 Å². The Labute approximate surface area is 124 Å². The molecule has 2 rings (SSSR count). The van der Waals surface area contributed by atoms with Gasteiger partial charge in [-0.15, -0.1) is 0 Å². The maximum atomic E-state index is 11.9. The molecule has 1 aliphatic carbocycles. The summed E-state index contributed by atoms with van der Waals surface area (Å²) >= 11 is 0. The first-order chi connectivity index (χ1) is 10.1. The van der Waals surface area contributed by atoms with E-state index in [1.54, 1.807) is 12.1 Å². The van der Waals surface area contributed by atoms with E-state index in [1.165, 1.54) is 0 Å². The van der Waals surface area contributed by atoms with E-state index >= 15 is 0 Å². The van der Waals surface area contributed by atoms with Gasteiger partial charge in [0.15, 0.2) is 0 Å². The molecule has 0 spiro atoms. The molecule has 4 N–H and O–H groups in total. The van der Waals surface area contributed by atoms with Crippen LogP contribution in [0, 0.1) is 11.8 Å². The number of carbonyl (C=O) groups excluding carboxylic acids is 1. The lowest BCUT2D eigenvalue weighted by Crippen LogP contribution is -2.37. The molecule has 1 saturated carbocycles.